The first-order valence-electron chi connectivity index (χ1n) is 9.52. The Morgan fingerprint density at radius 1 is 1.30 bits per heavy atom. The van der Waals surface area contributed by atoms with Gasteiger partial charge in [0.25, 0.3) is 5.56 Å². The SMILES string of the molecule is CCN1CCN(c2nc3ncn(CC(=O)Nc4ccc(F)cc4Cl)c(=O)c3s2)CC1. The van der Waals surface area contributed by atoms with Crippen LogP contribution in [0.2, 0.25) is 5.02 Å². The molecule has 158 valence electrons. The first kappa shape index (κ1) is 20.7. The number of nitrogens with zero attached hydrogens (tertiary/aromatic N) is 5. The molecule has 0 aliphatic carbocycles. The van der Waals surface area contributed by atoms with Gasteiger partial charge in [-0.2, -0.15) is 4.98 Å². The number of halogens is 2. The molecular weight excluding hydrogens is 431 g/mol. The Hall–Kier alpha value is -2.56. The maximum Gasteiger partial charge on any atom is 0.273 e. The van der Waals surface area contributed by atoms with Crippen molar-refractivity contribution < 1.29 is 9.18 Å². The molecule has 1 aromatic carbocycles. The molecule has 30 heavy (non-hydrogen) atoms. The largest absolute Gasteiger partial charge is 0.345 e. The summed E-state index contributed by atoms with van der Waals surface area (Å²) in [4.78, 5) is 38.4. The van der Waals surface area contributed by atoms with Gasteiger partial charge < -0.3 is 15.1 Å². The zero-order valence-electron chi connectivity index (χ0n) is 16.3. The highest BCUT2D eigenvalue weighted by molar-refractivity contribution is 7.22. The average Bonchev–Trinajstić information content (AvgIpc) is 3.17. The summed E-state index contributed by atoms with van der Waals surface area (Å²) < 4.78 is 14.8. The molecule has 3 aromatic rings. The third-order valence-corrected chi connectivity index (χ3v) is 6.39. The van der Waals surface area contributed by atoms with Gasteiger partial charge in [0.15, 0.2) is 10.8 Å². The number of benzene rings is 1. The summed E-state index contributed by atoms with van der Waals surface area (Å²) in [5.74, 6) is -0.965. The highest BCUT2D eigenvalue weighted by Crippen LogP contribution is 2.26. The van der Waals surface area contributed by atoms with Gasteiger partial charge in [0, 0.05) is 26.2 Å². The molecule has 1 N–H and O–H groups in total. The number of thiazole rings is 1. The van der Waals surface area contributed by atoms with Gasteiger partial charge in [-0.05, 0) is 24.7 Å². The Labute approximate surface area is 180 Å². The van der Waals surface area contributed by atoms with E-state index in [1.165, 1.54) is 34.4 Å². The molecule has 0 unspecified atom stereocenters. The van der Waals surface area contributed by atoms with Crippen LogP contribution < -0.4 is 15.8 Å². The topological polar surface area (TPSA) is 83.4 Å². The summed E-state index contributed by atoms with van der Waals surface area (Å²) in [6, 6.07) is 3.67. The lowest BCUT2D eigenvalue weighted by Gasteiger charge is -2.33. The maximum atomic E-state index is 13.1. The van der Waals surface area contributed by atoms with Crippen LogP contribution in [0.3, 0.4) is 0 Å². The summed E-state index contributed by atoms with van der Waals surface area (Å²) >= 11 is 7.23. The van der Waals surface area contributed by atoms with Crippen LogP contribution in [0.5, 0.6) is 0 Å². The molecule has 0 radical (unpaired) electrons. The van der Waals surface area contributed by atoms with E-state index < -0.39 is 11.7 Å². The Morgan fingerprint density at radius 2 is 2.07 bits per heavy atom. The number of amides is 1. The standard InChI is InChI=1S/C19H20ClFN6O2S/c1-2-25-5-7-26(8-6-25)19-24-17-16(30-19)18(29)27(11-22-17)10-15(28)23-14-4-3-12(21)9-13(14)20/h3-4,9,11H,2,5-8,10H2,1H3,(H,23,28). The Bertz CT molecular complexity index is 1140. The fourth-order valence-electron chi connectivity index (χ4n) is 3.27. The third-order valence-electron chi connectivity index (χ3n) is 4.98. The Morgan fingerprint density at radius 3 is 2.77 bits per heavy atom. The highest BCUT2D eigenvalue weighted by atomic mass is 35.5. The zero-order valence-corrected chi connectivity index (χ0v) is 17.8. The Kier molecular flexibility index (Phi) is 5.98. The predicted octanol–water partition coefficient (Wildman–Crippen LogP) is 2.43. The summed E-state index contributed by atoms with van der Waals surface area (Å²) in [5.41, 5.74) is 0.337. The molecule has 0 saturated carbocycles. The van der Waals surface area contributed by atoms with E-state index >= 15 is 0 Å². The number of hydrogen-bond donors (Lipinski definition) is 1. The van der Waals surface area contributed by atoms with Crippen molar-refractivity contribution in [1.29, 1.82) is 0 Å². The van der Waals surface area contributed by atoms with Gasteiger partial charge in [-0.25, -0.2) is 9.37 Å². The van der Waals surface area contributed by atoms with Crippen molar-refractivity contribution in [3.05, 3.63) is 45.7 Å². The van der Waals surface area contributed by atoms with Crippen LogP contribution >= 0.6 is 22.9 Å². The van der Waals surface area contributed by atoms with Crippen LogP contribution in [0.25, 0.3) is 10.3 Å². The second-order valence-corrected chi connectivity index (χ2v) is 8.31. The average molecular weight is 451 g/mol. The molecular formula is C19H20ClFN6O2S. The van der Waals surface area contributed by atoms with Gasteiger partial charge in [0.2, 0.25) is 5.91 Å². The van der Waals surface area contributed by atoms with Gasteiger partial charge in [-0.15, -0.1) is 0 Å². The van der Waals surface area contributed by atoms with Crippen molar-refractivity contribution in [2.45, 2.75) is 13.5 Å². The second-order valence-electron chi connectivity index (χ2n) is 6.92. The number of hydrogen-bond acceptors (Lipinski definition) is 7. The fraction of sp³-hybridized carbons (Fsp3) is 0.368. The van der Waals surface area contributed by atoms with Crippen molar-refractivity contribution in [1.82, 2.24) is 19.4 Å². The van der Waals surface area contributed by atoms with Crippen LogP contribution in [0.4, 0.5) is 15.2 Å². The first-order chi connectivity index (χ1) is 14.4. The lowest BCUT2D eigenvalue weighted by Crippen LogP contribution is -2.46. The van der Waals surface area contributed by atoms with Gasteiger partial charge >= 0.3 is 0 Å². The van der Waals surface area contributed by atoms with Crippen LogP contribution in [-0.4, -0.2) is 58.1 Å². The molecule has 1 aliphatic heterocycles. The number of carbonyl (C=O) groups excluding carboxylic acids is 1. The molecule has 1 fully saturated rings. The molecule has 0 spiro atoms. The monoisotopic (exact) mass is 450 g/mol. The van der Waals surface area contributed by atoms with Crippen molar-refractivity contribution in [3.63, 3.8) is 0 Å². The molecule has 0 atom stereocenters. The predicted molar refractivity (Wildman–Crippen MR) is 116 cm³/mol. The summed E-state index contributed by atoms with van der Waals surface area (Å²) in [5, 5.41) is 3.43. The minimum Gasteiger partial charge on any atom is -0.345 e. The normalized spacial score (nSPS) is 15.0. The molecule has 0 bridgehead atoms. The summed E-state index contributed by atoms with van der Waals surface area (Å²) in [6.45, 7) is 6.53. The first-order valence-corrected chi connectivity index (χ1v) is 10.7. The number of aromatic nitrogens is 3. The molecule has 8 nitrogen and oxygen atoms in total. The Balaban J connectivity index is 1.50. The molecule has 3 heterocycles. The van der Waals surface area contributed by atoms with Gasteiger partial charge in [-0.3, -0.25) is 14.2 Å². The van der Waals surface area contributed by atoms with E-state index in [0.717, 1.165) is 43.9 Å². The van der Waals surface area contributed by atoms with Gasteiger partial charge in [-0.1, -0.05) is 29.9 Å². The maximum absolute atomic E-state index is 13.1. The molecule has 4 rings (SSSR count). The lowest BCUT2D eigenvalue weighted by molar-refractivity contribution is -0.116. The molecule has 2 aromatic heterocycles. The quantitative estimate of drug-likeness (QED) is 0.642. The number of anilines is 2. The summed E-state index contributed by atoms with van der Waals surface area (Å²) in [7, 11) is 0. The van der Waals surface area contributed by atoms with E-state index in [0.29, 0.717) is 10.3 Å². The van der Waals surface area contributed by atoms with Crippen molar-refractivity contribution in [2.75, 3.05) is 42.9 Å². The van der Waals surface area contributed by atoms with E-state index in [1.54, 1.807) is 0 Å². The van der Waals surface area contributed by atoms with E-state index in [-0.39, 0.29) is 22.8 Å². The number of nitrogens with one attached hydrogen (secondary N) is 1. The van der Waals surface area contributed by atoms with E-state index in [2.05, 4.69) is 32.0 Å². The van der Waals surface area contributed by atoms with Crippen molar-refractivity contribution >= 4 is 50.0 Å². The zero-order chi connectivity index (χ0) is 21.3. The lowest BCUT2D eigenvalue weighted by atomic mass is 10.3. The van der Waals surface area contributed by atoms with Crippen LogP contribution in [0.1, 0.15) is 6.92 Å². The third kappa shape index (κ3) is 4.30. The minimum absolute atomic E-state index is 0.0829. The second kappa shape index (κ2) is 8.66. The van der Waals surface area contributed by atoms with Gasteiger partial charge in [0.1, 0.15) is 23.4 Å². The van der Waals surface area contributed by atoms with Crippen LogP contribution in [0, 0.1) is 5.82 Å². The van der Waals surface area contributed by atoms with E-state index in [9.17, 15) is 14.0 Å². The van der Waals surface area contributed by atoms with Crippen molar-refractivity contribution in [3.8, 4) is 0 Å². The molecule has 1 amide bonds. The van der Waals surface area contributed by atoms with E-state index in [1.807, 2.05) is 0 Å². The number of fused-ring (bicyclic) bond motifs is 1. The van der Waals surface area contributed by atoms with Crippen molar-refractivity contribution in [2.24, 2.45) is 0 Å². The van der Waals surface area contributed by atoms with Gasteiger partial charge in [0.05, 0.1) is 10.7 Å². The molecule has 1 aliphatic rings. The number of likely N-dealkylation sites (N-methyl/N-ethyl adjacent to an activating group) is 1. The fourth-order valence-corrected chi connectivity index (χ4v) is 4.51. The minimum atomic E-state index is -0.499. The molecule has 11 heteroatoms. The molecule has 1 saturated heterocycles. The van der Waals surface area contributed by atoms with Crippen LogP contribution in [0.15, 0.2) is 29.3 Å². The summed E-state index contributed by atoms with van der Waals surface area (Å²) in [6.07, 6.45) is 1.31. The van der Waals surface area contributed by atoms with E-state index in [4.69, 9.17) is 11.6 Å². The van der Waals surface area contributed by atoms with Crippen LogP contribution in [-0.2, 0) is 11.3 Å². The number of piperazine rings is 1. The highest BCUT2D eigenvalue weighted by Gasteiger charge is 2.21. The number of carbonyl (C=O) groups is 1. The smallest absolute Gasteiger partial charge is 0.273 e. The number of rotatable bonds is 5.